The van der Waals surface area contributed by atoms with E-state index in [1.807, 2.05) is 44.2 Å². The Balaban J connectivity index is 2.52. The molecule has 2 atom stereocenters. The summed E-state index contributed by atoms with van der Waals surface area (Å²) in [5.74, 6) is -0.635. The van der Waals surface area contributed by atoms with Crippen molar-refractivity contribution in [2.24, 2.45) is 0 Å². The summed E-state index contributed by atoms with van der Waals surface area (Å²) in [4.78, 5) is 42.3. The van der Waals surface area contributed by atoms with Crippen LogP contribution in [0.2, 0.25) is 0 Å². The van der Waals surface area contributed by atoms with Crippen molar-refractivity contribution in [3.63, 3.8) is 0 Å². The molecule has 0 aliphatic carbocycles. The van der Waals surface area contributed by atoms with Gasteiger partial charge in [-0.15, -0.1) is 0 Å². The largest absolute Gasteiger partial charge is 0.508 e. The van der Waals surface area contributed by atoms with Crippen molar-refractivity contribution in [3.8, 4) is 5.75 Å². The van der Waals surface area contributed by atoms with Crippen LogP contribution in [0.3, 0.4) is 0 Å². The minimum atomic E-state index is -0.958. The number of nitrogens with one attached hydrogen (secondary N) is 2. The first-order chi connectivity index (χ1) is 18.4. The van der Waals surface area contributed by atoms with Crippen molar-refractivity contribution in [1.29, 1.82) is 0 Å². The van der Waals surface area contributed by atoms with E-state index < -0.39 is 23.8 Å². The topological polar surface area (TPSA) is 108 Å². The molecule has 0 fully saturated rings. The highest BCUT2D eigenvalue weighted by atomic mass is 16.6. The minimum Gasteiger partial charge on any atom is -0.508 e. The van der Waals surface area contributed by atoms with E-state index in [1.54, 1.807) is 37.8 Å². The number of unbranched alkanes of at least 4 members (excludes halogenated alkanes) is 3. The normalized spacial score (nSPS) is 12.9. The van der Waals surface area contributed by atoms with Gasteiger partial charge in [-0.1, -0.05) is 68.7 Å². The Kier molecular flexibility index (Phi) is 12.3. The summed E-state index contributed by atoms with van der Waals surface area (Å²) in [5.41, 5.74) is 0.701. The Hall–Kier alpha value is -3.55. The molecule has 0 heterocycles. The van der Waals surface area contributed by atoms with Crippen LogP contribution in [0.4, 0.5) is 4.79 Å². The smallest absolute Gasteiger partial charge is 0.408 e. The van der Waals surface area contributed by atoms with Gasteiger partial charge in [0.15, 0.2) is 0 Å². The molecule has 0 bridgehead atoms. The van der Waals surface area contributed by atoms with Crippen LogP contribution in [0.15, 0.2) is 54.6 Å². The third-order valence-electron chi connectivity index (χ3n) is 6.01. The van der Waals surface area contributed by atoms with Crippen molar-refractivity contribution < 1.29 is 24.2 Å². The van der Waals surface area contributed by atoms with Crippen LogP contribution in [0.1, 0.15) is 84.4 Å². The monoisotopic (exact) mass is 539 g/mol. The van der Waals surface area contributed by atoms with Crippen LogP contribution in [-0.2, 0) is 20.7 Å². The summed E-state index contributed by atoms with van der Waals surface area (Å²) in [6.45, 7) is 11.5. The molecule has 0 radical (unpaired) electrons. The minimum absolute atomic E-state index is 0.0659. The standard InChI is InChI=1S/C31H45N3O5/c1-7-8-9-13-20-34(27(28(36)32-22(2)3)24-16-18-25(35)19-17-24)29(37)26(21-23-14-11-10-12-15-23)33-30(38)39-31(4,5)6/h10-12,14-19,22,26-27,35H,7-9,13,20-21H2,1-6H3,(H,32,36)(H,33,38). The number of hydrogen-bond donors (Lipinski definition) is 3. The van der Waals surface area contributed by atoms with Crippen molar-refractivity contribution in [1.82, 2.24) is 15.5 Å². The number of hydrogen-bond acceptors (Lipinski definition) is 5. The van der Waals surface area contributed by atoms with Gasteiger partial charge in [-0.3, -0.25) is 9.59 Å². The molecule has 2 rings (SSSR count). The van der Waals surface area contributed by atoms with E-state index in [2.05, 4.69) is 17.6 Å². The number of alkyl carbamates (subject to hydrolysis) is 1. The molecule has 0 aliphatic heterocycles. The van der Waals surface area contributed by atoms with E-state index >= 15 is 0 Å². The molecule has 3 amide bonds. The lowest BCUT2D eigenvalue weighted by molar-refractivity contribution is -0.142. The second-order valence-corrected chi connectivity index (χ2v) is 11.1. The Morgan fingerprint density at radius 1 is 0.923 bits per heavy atom. The average Bonchev–Trinajstić information content (AvgIpc) is 2.85. The molecular weight excluding hydrogens is 494 g/mol. The molecule has 0 aromatic heterocycles. The third-order valence-corrected chi connectivity index (χ3v) is 6.01. The summed E-state index contributed by atoms with van der Waals surface area (Å²) in [7, 11) is 0. The van der Waals surface area contributed by atoms with E-state index in [0.29, 0.717) is 18.5 Å². The molecule has 8 heteroatoms. The summed E-state index contributed by atoms with van der Waals surface area (Å²) in [6, 6.07) is 13.7. The molecule has 214 valence electrons. The molecule has 2 aromatic rings. The molecule has 8 nitrogen and oxygen atoms in total. The van der Waals surface area contributed by atoms with E-state index in [1.165, 1.54) is 12.1 Å². The number of phenols is 1. The van der Waals surface area contributed by atoms with E-state index in [0.717, 1.165) is 24.8 Å². The second-order valence-electron chi connectivity index (χ2n) is 11.1. The van der Waals surface area contributed by atoms with Gasteiger partial charge in [0.25, 0.3) is 0 Å². The zero-order chi connectivity index (χ0) is 29.0. The number of phenolic OH excluding ortho intramolecular Hbond substituents is 1. The molecule has 0 saturated carbocycles. The summed E-state index contributed by atoms with van der Waals surface area (Å²) < 4.78 is 5.48. The zero-order valence-electron chi connectivity index (χ0n) is 24.2. The highest BCUT2D eigenvalue weighted by Gasteiger charge is 2.36. The lowest BCUT2D eigenvalue weighted by atomic mass is 9.99. The number of nitrogens with zero attached hydrogens (tertiary/aromatic N) is 1. The fourth-order valence-corrected chi connectivity index (χ4v) is 4.27. The number of aromatic hydroxyl groups is 1. The highest BCUT2D eigenvalue weighted by Crippen LogP contribution is 2.26. The molecule has 39 heavy (non-hydrogen) atoms. The quantitative estimate of drug-likeness (QED) is 0.291. The molecule has 0 aliphatic rings. The Labute approximate surface area is 233 Å². The lowest BCUT2D eigenvalue weighted by Gasteiger charge is -2.35. The number of carbonyl (C=O) groups is 3. The molecular formula is C31H45N3O5. The maximum Gasteiger partial charge on any atom is 0.408 e. The number of ether oxygens (including phenoxy) is 1. The fourth-order valence-electron chi connectivity index (χ4n) is 4.27. The van der Waals surface area contributed by atoms with Gasteiger partial charge in [-0.2, -0.15) is 0 Å². The van der Waals surface area contributed by atoms with Gasteiger partial charge in [0.05, 0.1) is 0 Å². The summed E-state index contributed by atoms with van der Waals surface area (Å²) in [5, 5.41) is 15.6. The SMILES string of the molecule is CCCCCCN(C(=O)C(Cc1ccccc1)NC(=O)OC(C)(C)C)C(C(=O)NC(C)C)c1ccc(O)cc1. The van der Waals surface area contributed by atoms with Gasteiger partial charge >= 0.3 is 6.09 Å². The lowest BCUT2D eigenvalue weighted by Crippen LogP contribution is -2.54. The van der Waals surface area contributed by atoms with E-state index in [4.69, 9.17) is 4.74 Å². The second kappa shape index (κ2) is 15.1. The van der Waals surface area contributed by atoms with Crippen LogP contribution < -0.4 is 10.6 Å². The van der Waals surface area contributed by atoms with Crippen LogP contribution in [0.25, 0.3) is 0 Å². The van der Waals surface area contributed by atoms with Gasteiger partial charge in [0, 0.05) is 19.0 Å². The van der Waals surface area contributed by atoms with Crippen molar-refractivity contribution in [2.45, 2.75) is 97.4 Å². The third kappa shape index (κ3) is 11.0. The van der Waals surface area contributed by atoms with Gasteiger partial charge < -0.3 is 25.4 Å². The average molecular weight is 540 g/mol. The molecule has 0 saturated heterocycles. The molecule has 2 unspecified atom stereocenters. The van der Waals surface area contributed by atoms with E-state index in [9.17, 15) is 19.5 Å². The van der Waals surface area contributed by atoms with E-state index in [-0.39, 0.29) is 30.0 Å². The first kappa shape index (κ1) is 31.7. The molecule has 2 aromatic carbocycles. The van der Waals surface area contributed by atoms with Gasteiger partial charge in [-0.05, 0) is 64.3 Å². The van der Waals surface area contributed by atoms with Crippen LogP contribution in [-0.4, -0.2) is 52.1 Å². The number of carbonyl (C=O) groups excluding carboxylic acids is 3. The predicted octanol–water partition coefficient (Wildman–Crippen LogP) is 5.50. The number of rotatable bonds is 13. The zero-order valence-corrected chi connectivity index (χ0v) is 24.2. The maximum atomic E-state index is 14.3. The van der Waals surface area contributed by atoms with Gasteiger partial charge in [0.2, 0.25) is 11.8 Å². The summed E-state index contributed by atoms with van der Waals surface area (Å²) >= 11 is 0. The van der Waals surface area contributed by atoms with Gasteiger partial charge in [-0.25, -0.2) is 4.79 Å². The first-order valence-electron chi connectivity index (χ1n) is 13.8. The van der Waals surface area contributed by atoms with Crippen molar-refractivity contribution >= 4 is 17.9 Å². The molecule has 3 N–H and O–H groups in total. The number of benzene rings is 2. The Morgan fingerprint density at radius 2 is 1.56 bits per heavy atom. The van der Waals surface area contributed by atoms with Crippen molar-refractivity contribution in [3.05, 3.63) is 65.7 Å². The fraction of sp³-hybridized carbons (Fsp3) is 0.516. The van der Waals surface area contributed by atoms with Crippen LogP contribution in [0.5, 0.6) is 5.75 Å². The summed E-state index contributed by atoms with van der Waals surface area (Å²) in [6.07, 6.45) is 3.17. The predicted molar refractivity (Wildman–Crippen MR) is 153 cm³/mol. The first-order valence-corrected chi connectivity index (χ1v) is 13.8. The molecule has 0 spiro atoms. The highest BCUT2D eigenvalue weighted by molar-refractivity contribution is 5.92. The van der Waals surface area contributed by atoms with Crippen LogP contribution in [0, 0.1) is 0 Å². The Morgan fingerprint density at radius 3 is 2.13 bits per heavy atom. The van der Waals surface area contributed by atoms with Gasteiger partial charge in [0.1, 0.15) is 23.4 Å². The maximum absolute atomic E-state index is 14.3. The number of amides is 3. The van der Waals surface area contributed by atoms with Crippen molar-refractivity contribution in [2.75, 3.05) is 6.54 Å². The Bertz CT molecular complexity index is 1050. The van der Waals surface area contributed by atoms with Crippen LogP contribution >= 0.6 is 0 Å².